The molecule has 2 heterocycles. The molecule has 1 amide bonds. The lowest BCUT2D eigenvalue weighted by Gasteiger charge is -2.29. The molecule has 4 heteroatoms. The van der Waals surface area contributed by atoms with Gasteiger partial charge in [0.05, 0.1) is 11.4 Å². The molecule has 19 heavy (non-hydrogen) atoms. The summed E-state index contributed by atoms with van der Waals surface area (Å²) in [5.41, 5.74) is 6.07. The van der Waals surface area contributed by atoms with E-state index in [-0.39, 0.29) is 0 Å². The van der Waals surface area contributed by atoms with E-state index in [9.17, 15) is 4.79 Å². The lowest BCUT2D eigenvalue weighted by atomic mass is 9.75. The van der Waals surface area contributed by atoms with Crippen LogP contribution >= 0.6 is 0 Å². The molecule has 0 spiro atoms. The van der Waals surface area contributed by atoms with Gasteiger partial charge in [0.2, 0.25) is 5.91 Å². The van der Waals surface area contributed by atoms with Gasteiger partial charge >= 0.3 is 0 Å². The topological polar surface area (TPSA) is 68.9 Å². The number of rotatable bonds is 5. The van der Waals surface area contributed by atoms with Crippen molar-refractivity contribution in [2.24, 2.45) is 5.73 Å². The molecule has 0 radical (unpaired) electrons. The smallest absolute Gasteiger partial charge is 0.235 e. The maximum atomic E-state index is 12.2. The van der Waals surface area contributed by atoms with Crippen molar-refractivity contribution in [2.45, 2.75) is 25.2 Å². The summed E-state index contributed by atoms with van der Waals surface area (Å²) in [7, 11) is 0. The second-order valence-electron chi connectivity index (χ2n) is 4.45. The van der Waals surface area contributed by atoms with Crippen LogP contribution in [-0.2, 0) is 10.2 Å². The van der Waals surface area contributed by atoms with Crippen LogP contribution < -0.4 is 5.73 Å². The fourth-order valence-electron chi connectivity index (χ4n) is 2.37. The number of hydrogen-bond donors (Lipinski definition) is 1. The molecule has 0 fully saturated rings. The summed E-state index contributed by atoms with van der Waals surface area (Å²) in [5.74, 6) is -0.410. The van der Waals surface area contributed by atoms with Gasteiger partial charge in [0, 0.05) is 12.4 Å². The van der Waals surface area contributed by atoms with Gasteiger partial charge in [-0.25, -0.2) is 0 Å². The third-order valence-electron chi connectivity index (χ3n) is 3.25. The molecule has 0 unspecified atom stereocenters. The Morgan fingerprint density at radius 3 is 1.95 bits per heavy atom. The van der Waals surface area contributed by atoms with Crippen molar-refractivity contribution in [3.63, 3.8) is 0 Å². The van der Waals surface area contributed by atoms with Gasteiger partial charge in [0.1, 0.15) is 5.41 Å². The van der Waals surface area contributed by atoms with Crippen LogP contribution in [0, 0.1) is 0 Å². The fourth-order valence-corrected chi connectivity index (χ4v) is 2.37. The van der Waals surface area contributed by atoms with Crippen LogP contribution in [0.5, 0.6) is 0 Å². The summed E-state index contributed by atoms with van der Waals surface area (Å²) in [6.07, 6.45) is 4.75. The predicted octanol–water partition coefficient (Wildman–Crippen LogP) is 2.05. The number of amides is 1. The average molecular weight is 255 g/mol. The van der Waals surface area contributed by atoms with E-state index in [0.29, 0.717) is 17.8 Å². The molecule has 0 aliphatic rings. The normalized spacial score (nSPS) is 11.2. The zero-order chi connectivity index (χ0) is 13.7. The summed E-state index contributed by atoms with van der Waals surface area (Å²) in [4.78, 5) is 20.8. The minimum atomic E-state index is -0.947. The highest BCUT2D eigenvalue weighted by atomic mass is 16.1. The molecule has 0 atom stereocenters. The van der Waals surface area contributed by atoms with Crippen molar-refractivity contribution in [1.29, 1.82) is 0 Å². The Labute approximate surface area is 112 Å². The Kier molecular flexibility index (Phi) is 3.90. The minimum absolute atomic E-state index is 0.410. The number of carbonyl (C=O) groups excluding carboxylic acids is 1. The fraction of sp³-hybridized carbons (Fsp3) is 0.267. The molecule has 4 nitrogen and oxygen atoms in total. The molecule has 2 aromatic heterocycles. The molecule has 0 saturated carbocycles. The number of nitrogens with two attached hydrogens (primary N) is 1. The minimum Gasteiger partial charge on any atom is -0.369 e. The zero-order valence-corrected chi connectivity index (χ0v) is 10.9. The van der Waals surface area contributed by atoms with E-state index in [1.54, 1.807) is 12.4 Å². The first-order valence-electron chi connectivity index (χ1n) is 6.34. The second-order valence-corrected chi connectivity index (χ2v) is 4.45. The highest BCUT2D eigenvalue weighted by Gasteiger charge is 2.42. The first-order chi connectivity index (χ1) is 9.21. The Morgan fingerprint density at radius 2 is 1.63 bits per heavy atom. The highest BCUT2D eigenvalue weighted by Crippen LogP contribution is 2.34. The predicted molar refractivity (Wildman–Crippen MR) is 73.4 cm³/mol. The van der Waals surface area contributed by atoms with Crippen LogP contribution in [0.25, 0.3) is 0 Å². The first-order valence-corrected chi connectivity index (χ1v) is 6.34. The number of primary amides is 1. The highest BCUT2D eigenvalue weighted by molar-refractivity contribution is 5.89. The van der Waals surface area contributed by atoms with E-state index < -0.39 is 11.3 Å². The van der Waals surface area contributed by atoms with Gasteiger partial charge in [0.15, 0.2) is 0 Å². The Bertz CT molecular complexity index is 500. The van der Waals surface area contributed by atoms with Crippen molar-refractivity contribution >= 4 is 5.91 Å². The zero-order valence-electron chi connectivity index (χ0n) is 10.9. The van der Waals surface area contributed by atoms with E-state index in [1.807, 2.05) is 43.3 Å². The summed E-state index contributed by atoms with van der Waals surface area (Å²) in [6, 6.07) is 11.0. The van der Waals surface area contributed by atoms with Crippen LogP contribution in [0.3, 0.4) is 0 Å². The van der Waals surface area contributed by atoms with Crippen molar-refractivity contribution in [3.8, 4) is 0 Å². The van der Waals surface area contributed by atoms with Crippen LogP contribution in [0.4, 0.5) is 0 Å². The summed E-state index contributed by atoms with van der Waals surface area (Å²) in [5, 5.41) is 0. The lowest BCUT2D eigenvalue weighted by Crippen LogP contribution is -2.43. The van der Waals surface area contributed by atoms with Crippen LogP contribution in [0.15, 0.2) is 48.8 Å². The molecule has 0 bridgehead atoms. The molecule has 2 rings (SSSR count). The van der Waals surface area contributed by atoms with Crippen molar-refractivity contribution in [1.82, 2.24) is 9.97 Å². The van der Waals surface area contributed by atoms with E-state index >= 15 is 0 Å². The van der Waals surface area contributed by atoms with Gasteiger partial charge in [0.25, 0.3) is 0 Å². The van der Waals surface area contributed by atoms with Crippen molar-refractivity contribution < 1.29 is 4.79 Å². The summed E-state index contributed by atoms with van der Waals surface area (Å²) < 4.78 is 0. The van der Waals surface area contributed by atoms with Gasteiger partial charge in [-0.15, -0.1) is 0 Å². The van der Waals surface area contributed by atoms with Crippen molar-refractivity contribution in [2.75, 3.05) is 0 Å². The third kappa shape index (κ3) is 2.34. The molecule has 98 valence electrons. The largest absolute Gasteiger partial charge is 0.369 e. The maximum absolute atomic E-state index is 12.2. The average Bonchev–Trinajstić information content (AvgIpc) is 2.46. The van der Waals surface area contributed by atoms with Crippen LogP contribution in [0.1, 0.15) is 31.2 Å². The molecule has 0 aliphatic heterocycles. The van der Waals surface area contributed by atoms with Gasteiger partial charge in [-0.3, -0.25) is 14.8 Å². The van der Waals surface area contributed by atoms with E-state index in [0.717, 1.165) is 6.42 Å². The quantitative estimate of drug-likeness (QED) is 0.889. The number of pyridine rings is 2. The third-order valence-corrected chi connectivity index (χ3v) is 3.25. The standard InChI is InChI=1S/C15H17N3O/c1-2-9-15(14(16)19,12-7-3-5-10-17-12)13-8-4-6-11-18-13/h3-8,10-11H,2,9H2,1H3,(H2,16,19). The van der Waals surface area contributed by atoms with E-state index in [2.05, 4.69) is 9.97 Å². The van der Waals surface area contributed by atoms with Gasteiger partial charge < -0.3 is 5.73 Å². The SMILES string of the molecule is CCCC(C(N)=O)(c1ccccn1)c1ccccn1. The monoisotopic (exact) mass is 255 g/mol. The molecule has 2 aromatic rings. The van der Waals surface area contributed by atoms with E-state index in [1.165, 1.54) is 0 Å². The summed E-state index contributed by atoms with van der Waals surface area (Å²) in [6.45, 7) is 2.02. The number of aromatic nitrogens is 2. The maximum Gasteiger partial charge on any atom is 0.235 e. The first kappa shape index (κ1) is 13.2. The lowest BCUT2D eigenvalue weighted by molar-refractivity contribution is -0.122. The molecule has 0 saturated heterocycles. The van der Waals surface area contributed by atoms with Crippen LogP contribution in [-0.4, -0.2) is 15.9 Å². The molecular weight excluding hydrogens is 238 g/mol. The number of hydrogen-bond acceptors (Lipinski definition) is 3. The van der Waals surface area contributed by atoms with Gasteiger partial charge in [-0.05, 0) is 30.7 Å². The van der Waals surface area contributed by atoms with E-state index in [4.69, 9.17) is 5.73 Å². The van der Waals surface area contributed by atoms with Gasteiger partial charge in [-0.1, -0.05) is 25.5 Å². The van der Waals surface area contributed by atoms with Crippen molar-refractivity contribution in [3.05, 3.63) is 60.2 Å². The molecular formula is C15H17N3O. The molecule has 2 N–H and O–H groups in total. The Balaban J connectivity index is 2.65. The van der Waals surface area contributed by atoms with Crippen LogP contribution in [0.2, 0.25) is 0 Å². The molecule has 0 aromatic carbocycles. The Hall–Kier alpha value is -2.23. The Morgan fingerprint density at radius 1 is 1.11 bits per heavy atom. The summed E-state index contributed by atoms with van der Waals surface area (Å²) >= 11 is 0. The number of nitrogens with zero attached hydrogens (tertiary/aromatic N) is 2. The second kappa shape index (κ2) is 5.61. The number of carbonyl (C=O) groups is 1. The van der Waals surface area contributed by atoms with Gasteiger partial charge in [-0.2, -0.15) is 0 Å². The molecule has 0 aliphatic carbocycles.